The van der Waals surface area contributed by atoms with Gasteiger partial charge in [-0.3, -0.25) is 0 Å². The number of carbonyl (C=O) groups excluding carboxylic acids is 2. The zero-order valence-corrected chi connectivity index (χ0v) is 29.0. The Kier molecular flexibility index (Phi) is 25.5. The minimum atomic E-state index is -0.476. The topological polar surface area (TPSA) is 71.1 Å². The van der Waals surface area contributed by atoms with Crippen LogP contribution < -0.4 is 9.47 Å². The molecule has 0 aliphatic heterocycles. The molecule has 6 heteroatoms. The number of carbonyl (C=O) groups is 2. The minimum Gasteiger partial charge on any atom is -0.493 e. The first-order valence-corrected chi connectivity index (χ1v) is 18.4. The molecule has 0 bridgehead atoms. The fourth-order valence-electron chi connectivity index (χ4n) is 5.43. The van der Waals surface area contributed by atoms with E-state index >= 15 is 0 Å². The zero-order valence-electron chi connectivity index (χ0n) is 29.0. The van der Waals surface area contributed by atoms with Gasteiger partial charge in [0.05, 0.1) is 26.4 Å². The molecule has 1 rings (SSSR count). The molecule has 6 nitrogen and oxygen atoms in total. The summed E-state index contributed by atoms with van der Waals surface area (Å²) >= 11 is 0. The lowest BCUT2D eigenvalue weighted by Crippen LogP contribution is -2.14. The number of hydrogen-bond acceptors (Lipinski definition) is 6. The van der Waals surface area contributed by atoms with E-state index in [9.17, 15) is 9.59 Å². The monoisotopic (exact) mass is 618 g/mol. The maximum atomic E-state index is 12.8. The lowest BCUT2D eigenvalue weighted by Gasteiger charge is -2.16. The standard InChI is InChI=1S/C38H66O6/c1-5-9-11-13-15-17-19-21-23-25-27-29-43-35-31-34(38(40)42-8-4)36(32-33(35)37(39)41-7-3)44-30-28-26-24-22-20-18-16-14-12-10-6-2/h31-32H,5-30H2,1-4H3. The quantitative estimate of drug-likeness (QED) is 0.0631. The molecule has 0 amide bonds. The first-order chi connectivity index (χ1) is 21.6. The van der Waals surface area contributed by atoms with Crippen molar-refractivity contribution in [1.82, 2.24) is 0 Å². The van der Waals surface area contributed by atoms with Crippen molar-refractivity contribution in [3.05, 3.63) is 23.3 Å². The summed E-state index contributed by atoms with van der Waals surface area (Å²) in [5.74, 6) is -0.256. The smallest absolute Gasteiger partial charge is 0.342 e. The number of rotatable bonds is 30. The van der Waals surface area contributed by atoms with Crippen LogP contribution in [0.5, 0.6) is 11.5 Å². The molecule has 0 N–H and O–H groups in total. The maximum Gasteiger partial charge on any atom is 0.342 e. The molecule has 0 aliphatic rings. The fourth-order valence-corrected chi connectivity index (χ4v) is 5.43. The van der Waals surface area contributed by atoms with Gasteiger partial charge in [0.25, 0.3) is 0 Å². The van der Waals surface area contributed by atoms with E-state index in [1.54, 1.807) is 26.0 Å². The third kappa shape index (κ3) is 19.2. The molecule has 254 valence electrons. The van der Waals surface area contributed by atoms with Crippen LogP contribution in [0.15, 0.2) is 12.1 Å². The highest BCUT2D eigenvalue weighted by atomic mass is 16.5. The van der Waals surface area contributed by atoms with E-state index in [2.05, 4.69) is 13.8 Å². The van der Waals surface area contributed by atoms with Crippen molar-refractivity contribution in [3.8, 4) is 11.5 Å². The van der Waals surface area contributed by atoms with Crippen molar-refractivity contribution in [1.29, 1.82) is 0 Å². The maximum absolute atomic E-state index is 12.8. The van der Waals surface area contributed by atoms with Crippen LogP contribution in [-0.2, 0) is 9.47 Å². The molecule has 1 aromatic rings. The molecular weight excluding hydrogens is 552 g/mol. The Morgan fingerprint density at radius 2 is 0.705 bits per heavy atom. The summed E-state index contributed by atoms with van der Waals surface area (Å²) in [6, 6.07) is 3.19. The highest BCUT2D eigenvalue weighted by Crippen LogP contribution is 2.31. The zero-order chi connectivity index (χ0) is 32.1. The predicted molar refractivity (Wildman–Crippen MR) is 182 cm³/mol. The van der Waals surface area contributed by atoms with Crippen molar-refractivity contribution in [2.24, 2.45) is 0 Å². The highest BCUT2D eigenvalue weighted by Gasteiger charge is 2.23. The number of hydrogen-bond donors (Lipinski definition) is 0. The molecule has 0 unspecified atom stereocenters. The van der Waals surface area contributed by atoms with Gasteiger partial charge in [-0.2, -0.15) is 0 Å². The van der Waals surface area contributed by atoms with E-state index in [4.69, 9.17) is 18.9 Å². The Labute approximate surface area is 270 Å². The second-order valence-corrected chi connectivity index (χ2v) is 12.1. The molecule has 1 aromatic carbocycles. The average molecular weight is 619 g/mol. The number of ether oxygens (including phenoxy) is 4. The van der Waals surface area contributed by atoms with E-state index in [1.165, 1.54) is 116 Å². The van der Waals surface area contributed by atoms with Gasteiger partial charge < -0.3 is 18.9 Å². The highest BCUT2D eigenvalue weighted by molar-refractivity contribution is 5.98. The molecule has 0 aromatic heterocycles. The van der Waals surface area contributed by atoms with Gasteiger partial charge in [0.15, 0.2) is 0 Å². The Morgan fingerprint density at radius 1 is 0.432 bits per heavy atom. The third-order valence-electron chi connectivity index (χ3n) is 8.08. The van der Waals surface area contributed by atoms with Crippen LogP contribution in [0.1, 0.15) is 190 Å². The lowest BCUT2D eigenvalue weighted by atomic mass is 10.1. The molecule has 0 fully saturated rings. The van der Waals surface area contributed by atoms with Gasteiger partial charge in [0.2, 0.25) is 0 Å². The van der Waals surface area contributed by atoms with Crippen LogP contribution in [0.3, 0.4) is 0 Å². The minimum absolute atomic E-state index is 0.255. The Bertz CT molecular complexity index is 782. The molecule has 0 atom stereocenters. The van der Waals surface area contributed by atoms with Crippen molar-refractivity contribution >= 4 is 11.9 Å². The third-order valence-corrected chi connectivity index (χ3v) is 8.08. The van der Waals surface area contributed by atoms with Crippen molar-refractivity contribution in [2.75, 3.05) is 26.4 Å². The van der Waals surface area contributed by atoms with Crippen LogP contribution in [0.25, 0.3) is 0 Å². The normalized spacial score (nSPS) is 11.0. The molecular formula is C38H66O6. The first kappa shape index (κ1) is 39.8. The molecule has 0 radical (unpaired) electrons. The van der Waals surface area contributed by atoms with Gasteiger partial charge in [-0.05, 0) is 38.8 Å². The van der Waals surface area contributed by atoms with E-state index in [1.807, 2.05) is 0 Å². The van der Waals surface area contributed by atoms with Crippen molar-refractivity contribution < 1.29 is 28.5 Å². The average Bonchev–Trinajstić information content (AvgIpc) is 3.02. The van der Waals surface area contributed by atoms with Crippen molar-refractivity contribution in [3.63, 3.8) is 0 Å². The molecule has 0 saturated heterocycles. The summed E-state index contributed by atoms with van der Waals surface area (Å²) in [5, 5.41) is 0. The van der Waals surface area contributed by atoms with E-state index in [0.717, 1.165) is 25.7 Å². The fraction of sp³-hybridized carbons (Fsp3) is 0.789. The molecule has 0 heterocycles. The summed E-state index contributed by atoms with van der Waals surface area (Å²) < 4.78 is 22.8. The number of esters is 2. The van der Waals surface area contributed by atoms with Crippen LogP contribution in [0, 0.1) is 0 Å². The van der Waals surface area contributed by atoms with Crippen molar-refractivity contribution in [2.45, 2.75) is 169 Å². The Balaban J connectivity index is 2.60. The number of unbranched alkanes of at least 4 members (excludes halogenated alkanes) is 20. The summed E-state index contributed by atoms with van der Waals surface area (Å²) in [6.45, 7) is 9.53. The molecule has 0 aliphatic carbocycles. The summed E-state index contributed by atoms with van der Waals surface area (Å²) in [7, 11) is 0. The molecule has 0 spiro atoms. The van der Waals surface area contributed by atoms with Crippen LogP contribution >= 0.6 is 0 Å². The van der Waals surface area contributed by atoms with Gasteiger partial charge in [-0.25, -0.2) is 9.59 Å². The summed E-state index contributed by atoms with van der Waals surface area (Å²) in [5.41, 5.74) is 0.578. The second-order valence-electron chi connectivity index (χ2n) is 12.1. The van der Waals surface area contributed by atoms with Gasteiger partial charge >= 0.3 is 11.9 Å². The molecule has 0 saturated carbocycles. The van der Waals surface area contributed by atoms with E-state index < -0.39 is 11.9 Å². The largest absolute Gasteiger partial charge is 0.493 e. The van der Waals surface area contributed by atoms with Gasteiger partial charge in [0.1, 0.15) is 22.6 Å². The van der Waals surface area contributed by atoms with Gasteiger partial charge in [-0.1, -0.05) is 142 Å². The van der Waals surface area contributed by atoms with Crippen LogP contribution in [0.2, 0.25) is 0 Å². The predicted octanol–water partition coefficient (Wildman–Crippen LogP) is 11.4. The lowest BCUT2D eigenvalue weighted by molar-refractivity contribution is 0.0503. The summed E-state index contributed by atoms with van der Waals surface area (Å²) in [6.07, 6.45) is 27.5. The Hall–Kier alpha value is -2.24. The van der Waals surface area contributed by atoms with Gasteiger partial charge in [-0.15, -0.1) is 0 Å². The second kappa shape index (κ2) is 28.2. The summed E-state index contributed by atoms with van der Waals surface area (Å²) in [4.78, 5) is 25.7. The van der Waals surface area contributed by atoms with Gasteiger partial charge in [0, 0.05) is 0 Å². The molecule has 44 heavy (non-hydrogen) atoms. The van der Waals surface area contributed by atoms with Crippen LogP contribution in [-0.4, -0.2) is 38.4 Å². The van der Waals surface area contributed by atoms with Crippen LogP contribution in [0.4, 0.5) is 0 Å². The van der Waals surface area contributed by atoms with E-state index in [-0.39, 0.29) is 24.3 Å². The number of benzene rings is 1. The van der Waals surface area contributed by atoms with E-state index in [0.29, 0.717) is 24.7 Å². The first-order valence-electron chi connectivity index (χ1n) is 18.4. The Morgan fingerprint density at radius 3 is 0.977 bits per heavy atom. The SMILES string of the molecule is CCCCCCCCCCCCCOc1cc(C(=O)OCC)c(OCCCCCCCCCCCCC)cc1C(=O)OCC.